The highest BCUT2D eigenvalue weighted by molar-refractivity contribution is 6.30. The first-order chi connectivity index (χ1) is 16.2. The van der Waals surface area contributed by atoms with E-state index < -0.39 is 5.60 Å². The van der Waals surface area contributed by atoms with Crippen LogP contribution in [0.3, 0.4) is 0 Å². The minimum Gasteiger partial charge on any atom is -0.490 e. The second-order valence-electron chi connectivity index (χ2n) is 9.55. The van der Waals surface area contributed by atoms with Gasteiger partial charge in [-0.3, -0.25) is 4.90 Å². The Morgan fingerprint density at radius 2 is 1.68 bits per heavy atom. The molecule has 2 aromatic rings. The molecule has 8 heteroatoms. The Balaban J connectivity index is 1.42. The van der Waals surface area contributed by atoms with Gasteiger partial charge in [-0.2, -0.15) is 0 Å². The van der Waals surface area contributed by atoms with Crippen molar-refractivity contribution >= 4 is 29.5 Å². The van der Waals surface area contributed by atoms with Gasteiger partial charge in [0.05, 0.1) is 18.8 Å². The lowest BCUT2D eigenvalue weighted by Crippen LogP contribution is -2.38. The van der Waals surface area contributed by atoms with Crippen LogP contribution in [0.4, 0.5) is 15.3 Å². The Hall–Kier alpha value is -2.93. The van der Waals surface area contributed by atoms with Gasteiger partial charge in [-0.15, -0.1) is 0 Å². The highest BCUT2D eigenvalue weighted by Crippen LogP contribution is 2.36. The number of carbonyl (C=O) groups is 2. The van der Waals surface area contributed by atoms with Gasteiger partial charge in [0.2, 0.25) is 0 Å². The minimum atomic E-state index is -0.530. The molecular weight excluding hydrogens is 456 g/mol. The van der Waals surface area contributed by atoms with E-state index >= 15 is 0 Å². The van der Waals surface area contributed by atoms with Gasteiger partial charge >= 0.3 is 12.2 Å². The lowest BCUT2D eigenvalue weighted by molar-refractivity contribution is 0.0258. The number of fused-ring (bicyclic) bond motifs is 2. The van der Waals surface area contributed by atoms with Crippen LogP contribution in [0.15, 0.2) is 36.4 Å². The third-order valence-corrected chi connectivity index (χ3v) is 6.10. The molecule has 7 nitrogen and oxygen atoms in total. The maximum absolute atomic E-state index is 12.9. The molecular formula is C26H31ClN2O5. The number of rotatable bonds is 3. The van der Waals surface area contributed by atoms with Crippen molar-refractivity contribution in [2.45, 2.75) is 45.6 Å². The molecule has 2 aliphatic heterocycles. The number of benzene rings is 2. The predicted octanol–water partition coefficient (Wildman–Crippen LogP) is 5.25. The van der Waals surface area contributed by atoms with E-state index in [4.69, 9.17) is 25.8 Å². The van der Waals surface area contributed by atoms with Gasteiger partial charge in [0.1, 0.15) is 18.0 Å². The van der Waals surface area contributed by atoms with Gasteiger partial charge in [0, 0.05) is 24.5 Å². The molecule has 2 aliphatic rings. The highest BCUT2D eigenvalue weighted by Gasteiger charge is 2.29. The molecule has 0 aliphatic carbocycles. The Labute approximate surface area is 205 Å². The SMILES string of the molecule is CC(C)(C)OC(=O)N1CCc2cc3c(cc2CC1)N(C(=O)OCCc1ccc(Cl)cc1)CCO3. The summed E-state index contributed by atoms with van der Waals surface area (Å²) in [6, 6.07) is 11.5. The number of amides is 2. The zero-order valence-corrected chi connectivity index (χ0v) is 20.7. The Kier molecular flexibility index (Phi) is 7.22. The van der Waals surface area contributed by atoms with Crippen LogP contribution in [0.25, 0.3) is 0 Å². The molecule has 0 fully saturated rings. The largest absolute Gasteiger partial charge is 0.490 e. The van der Waals surface area contributed by atoms with Crippen molar-refractivity contribution in [2.24, 2.45) is 0 Å². The van der Waals surface area contributed by atoms with Crippen molar-refractivity contribution in [1.82, 2.24) is 4.90 Å². The number of ether oxygens (including phenoxy) is 3. The molecule has 34 heavy (non-hydrogen) atoms. The standard InChI is InChI=1S/C26H31ClN2O5/c1-26(2,3)34-24(30)28-11-8-19-16-22-23(17-20(19)9-12-28)32-15-13-29(22)25(31)33-14-10-18-4-6-21(27)7-5-18/h4-7,16-17H,8-15H2,1-3H3. The first-order valence-corrected chi connectivity index (χ1v) is 12.0. The summed E-state index contributed by atoms with van der Waals surface area (Å²) in [5.74, 6) is 0.672. The van der Waals surface area contributed by atoms with Crippen LogP contribution in [0.2, 0.25) is 5.02 Å². The molecule has 0 saturated carbocycles. The molecule has 2 amide bonds. The Bertz CT molecular complexity index is 1050. The number of carbonyl (C=O) groups excluding carboxylic acids is 2. The monoisotopic (exact) mass is 486 g/mol. The van der Waals surface area contributed by atoms with E-state index in [-0.39, 0.29) is 18.8 Å². The van der Waals surface area contributed by atoms with Crippen molar-refractivity contribution in [3.63, 3.8) is 0 Å². The molecule has 0 atom stereocenters. The van der Waals surface area contributed by atoms with Gasteiger partial charge < -0.3 is 19.1 Å². The summed E-state index contributed by atoms with van der Waals surface area (Å²) in [4.78, 5) is 28.8. The number of anilines is 1. The first-order valence-electron chi connectivity index (χ1n) is 11.6. The molecule has 0 spiro atoms. The number of hydrogen-bond acceptors (Lipinski definition) is 5. The van der Waals surface area contributed by atoms with Crippen LogP contribution in [0.1, 0.15) is 37.5 Å². The predicted molar refractivity (Wildman–Crippen MR) is 131 cm³/mol. The van der Waals surface area contributed by atoms with Gasteiger partial charge in [-0.05, 0) is 74.6 Å². The van der Waals surface area contributed by atoms with Crippen molar-refractivity contribution < 1.29 is 23.8 Å². The summed E-state index contributed by atoms with van der Waals surface area (Å²) in [5.41, 5.74) is 3.47. The minimum absolute atomic E-state index is 0.281. The van der Waals surface area contributed by atoms with E-state index in [0.717, 1.165) is 16.7 Å². The fraction of sp³-hybridized carbons (Fsp3) is 0.462. The van der Waals surface area contributed by atoms with Crippen LogP contribution in [0, 0.1) is 0 Å². The molecule has 4 rings (SSSR count). The maximum atomic E-state index is 12.9. The van der Waals surface area contributed by atoms with Crippen molar-refractivity contribution in [3.05, 3.63) is 58.1 Å². The zero-order valence-electron chi connectivity index (χ0n) is 19.9. The average Bonchev–Trinajstić information content (AvgIpc) is 2.99. The summed E-state index contributed by atoms with van der Waals surface area (Å²) < 4.78 is 17.0. The van der Waals surface area contributed by atoms with Crippen molar-refractivity contribution in [3.8, 4) is 5.75 Å². The van der Waals surface area contributed by atoms with E-state index in [2.05, 4.69) is 0 Å². The van der Waals surface area contributed by atoms with Gasteiger partial charge in [0.15, 0.2) is 0 Å². The van der Waals surface area contributed by atoms with Crippen LogP contribution in [-0.2, 0) is 28.7 Å². The Morgan fingerprint density at radius 3 is 2.35 bits per heavy atom. The first kappa shape index (κ1) is 24.2. The Morgan fingerprint density at radius 1 is 1.00 bits per heavy atom. The van der Waals surface area contributed by atoms with Gasteiger partial charge in [-0.25, -0.2) is 9.59 Å². The third kappa shape index (κ3) is 5.95. The van der Waals surface area contributed by atoms with E-state index in [9.17, 15) is 9.59 Å². The van der Waals surface area contributed by atoms with E-state index in [1.165, 1.54) is 0 Å². The summed E-state index contributed by atoms with van der Waals surface area (Å²) in [6.07, 6.45) is 1.32. The van der Waals surface area contributed by atoms with Crippen LogP contribution in [-0.4, -0.2) is 55.5 Å². The molecule has 182 valence electrons. The maximum Gasteiger partial charge on any atom is 0.414 e. The second-order valence-corrected chi connectivity index (χ2v) is 9.98. The molecule has 0 N–H and O–H groups in total. The number of hydrogen-bond donors (Lipinski definition) is 0. The van der Waals surface area contributed by atoms with Crippen LogP contribution in [0.5, 0.6) is 5.75 Å². The van der Waals surface area contributed by atoms with Crippen LogP contribution < -0.4 is 9.64 Å². The summed E-state index contributed by atoms with van der Waals surface area (Å²) in [5, 5.41) is 0.680. The van der Waals surface area contributed by atoms with Crippen molar-refractivity contribution in [2.75, 3.05) is 37.7 Å². The van der Waals surface area contributed by atoms with Gasteiger partial charge in [0.25, 0.3) is 0 Å². The fourth-order valence-electron chi connectivity index (χ4n) is 4.12. The molecule has 0 aromatic heterocycles. The van der Waals surface area contributed by atoms with Crippen LogP contribution >= 0.6 is 11.6 Å². The average molecular weight is 487 g/mol. The fourth-order valence-corrected chi connectivity index (χ4v) is 4.25. The molecule has 0 unspecified atom stereocenters. The molecule has 2 aromatic carbocycles. The van der Waals surface area contributed by atoms with Crippen molar-refractivity contribution in [1.29, 1.82) is 0 Å². The number of nitrogens with zero attached hydrogens (tertiary/aromatic N) is 2. The third-order valence-electron chi connectivity index (χ3n) is 5.85. The lowest BCUT2D eigenvalue weighted by Gasteiger charge is -2.30. The zero-order chi connectivity index (χ0) is 24.3. The van der Waals surface area contributed by atoms with Gasteiger partial charge in [-0.1, -0.05) is 23.7 Å². The summed E-state index contributed by atoms with van der Waals surface area (Å²) >= 11 is 5.93. The molecule has 0 bridgehead atoms. The quantitative estimate of drug-likeness (QED) is 0.592. The topological polar surface area (TPSA) is 68.3 Å². The lowest BCUT2D eigenvalue weighted by atomic mass is 10.0. The van der Waals surface area contributed by atoms with E-state index in [0.29, 0.717) is 62.0 Å². The molecule has 2 heterocycles. The van der Waals surface area contributed by atoms with E-state index in [1.54, 1.807) is 9.80 Å². The second kappa shape index (κ2) is 10.1. The summed E-state index contributed by atoms with van der Waals surface area (Å²) in [6.45, 7) is 7.86. The molecule has 0 radical (unpaired) electrons. The number of halogens is 1. The normalized spacial score (nSPS) is 15.5. The molecule has 0 saturated heterocycles. The van der Waals surface area contributed by atoms with E-state index in [1.807, 2.05) is 57.2 Å². The smallest absolute Gasteiger partial charge is 0.414 e. The highest BCUT2D eigenvalue weighted by atomic mass is 35.5. The summed E-state index contributed by atoms with van der Waals surface area (Å²) in [7, 11) is 0.